The highest BCUT2D eigenvalue weighted by Crippen LogP contribution is 2.28. The molecule has 3 aromatic heterocycles. The van der Waals surface area contributed by atoms with E-state index in [4.69, 9.17) is 11.6 Å². The second-order valence-corrected chi connectivity index (χ2v) is 6.52. The van der Waals surface area contributed by atoms with E-state index in [2.05, 4.69) is 19.9 Å². The van der Waals surface area contributed by atoms with Crippen LogP contribution in [-0.4, -0.2) is 38.6 Å². The highest BCUT2D eigenvalue weighted by atomic mass is 35.5. The third-order valence-electron chi connectivity index (χ3n) is 3.88. The molecule has 0 bridgehead atoms. The quantitative estimate of drug-likeness (QED) is 0.690. The number of aromatic nitrogens is 4. The summed E-state index contributed by atoms with van der Waals surface area (Å²) in [6.07, 6.45) is 2.00. The van der Waals surface area contributed by atoms with Gasteiger partial charge in [0.25, 0.3) is 0 Å². The summed E-state index contributed by atoms with van der Waals surface area (Å²) in [7, 11) is 0. The minimum atomic E-state index is -4.44. The molecule has 0 spiro atoms. The molecule has 0 aromatic carbocycles. The van der Waals surface area contributed by atoms with Gasteiger partial charge in [0.1, 0.15) is 12.2 Å². The van der Waals surface area contributed by atoms with Crippen LogP contribution in [-0.2, 0) is 11.2 Å². The molecule has 0 aliphatic rings. The van der Waals surface area contributed by atoms with Gasteiger partial charge >= 0.3 is 6.18 Å². The van der Waals surface area contributed by atoms with E-state index in [1.54, 1.807) is 18.5 Å². The number of alkyl halides is 3. The third kappa shape index (κ3) is 4.73. The molecule has 2 N–H and O–H groups in total. The number of rotatable bonds is 5. The topological polar surface area (TPSA) is 83.6 Å². The first-order chi connectivity index (χ1) is 12.7. The van der Waals surface area contributed by atoms with Crippen LogP contribution in [0.1, 0.15) is 12.6 Å². The van der Waals surface area contributed by atoms with Gasteiger partial charge in [0.2, 0.25) is 5.91 Å². The van der Waals surface area contributed by atoms with E-state index in [-0.39, 0.29) is 6.42 Å². The van der Waals surface area contributed by atoms with Gasteiger partial charge in [-0.3, -0.25) is 9.78 Å². The molecular formula is C17H15ClF3N5O. The van der Waals surface area contributed by atoms with E-state index in [0.717, 1.165) is 10.9 Å². The lowest BCUT2D eigenvalue weighted by atomic mass is 10.0. The largest absolute Gasteiger partial charge is 0.405 e. The molecular weight excluding hydrogens is 383 g/mol. The smallest absolute Gasteiger partial charge is 0.347 e. The van der Waals surface area contributed by atoms with Crippen molar-refractivity contribution in [2.75, 3.05) is 6.54 Å². The molecule has 3 aromatic rings. The van der Waals surface area contributed by atoms with Gasteiger partial charge in [0.05, 0.1) is 22.6 Å². The molecule has 6 nitrogen and oxygen atoms in total. The van der Waals surface area contributed by atoms with Crippen molar-refractivity contribution in [1.29, 1.82) is 0 Å². The van der Waals surface area contributed by atoms with Crippen LogP contribution in [0.4, 0.5) is 13.2 Å². The number of nitrogens with zero attached hydrogens (tertiary/aromatic N) is 3. The molecule has 0 fully saturated rings. The highest BCUT2D eigenvalue weighted by molar-refractivity contribution is 6.31. The lowest BCUT2D eigenvalue weighted by Crippen LogP contribution is -2.37. The fourth-order valence-corrected chi connectivity index (χ4v) is 2.75. The number of carbonyl (C=O) groups excluding carboxylic acids is 1. The molecule has 10 heteroatoms. The van der Waals surface area contributed by atoms with Crippen LogP contribution < -0.4 is 5.32 Å². The molecule has 27 heavy (non-hydrogen) atoms. The molecule has 1 unspecified atom stereocenters. The summed E-state index contributed by atoms with van der Waals surface area (Å²) in [5.41, 5.74) is 2.42. The third-order valence-corrected chi connectivity index (χ3v) is 4.09. The molecule has 0 aliphatic heterocycles. The Labute approximate surface area is 157 Å². The van der Waals surface area contributed by atoms with E-state index in [1.807, 2.05) is 5.32 Å². The zero-order valence-electron chi connectivity index (χ0n) is 14.1. The van der Waals surface area contributed by atoms with Crippen molar-refractivity contribution in [2.24, 2.45) is 5.92 Å². The van der Waals surface area contributed by atoms with Gasteiger partial charge in [-0.25, -0.2) is 9.97 Å². The van der Waals surface area contributed by atoms with Crippen molar-refractivity contribution in [3.63, 3.8) is 0 Å². The number of hydrogen-bond donors (Lipinski definition) is 2. The van der Waals surface area contributed by atoms with Gasteiger partial charge in [0.15, 0.2) is 0 Å². The first-order valence-electron chi connectivity index (χ1n) is 8.01. The number of fused-ring (bicyclic) bond motifs is 1. The molecule has 1 atom stereocenters. The number of halogens is 4. The van der Waals surface area contributed by atoms with Gasteiger partial charge < -0.3 is 10.3 Å². The minimum absolute atomic E-state index is 0.159. The predicted molar refractivity (Wildman–Crippen MR) is 94.1 cm³/mol. The van der Waals surface area contributed by atoms with Gasteiger partial charge in [-0.15, -0.1) is 0 Å². The first-order valence-corrected chi connectivity index (χ1v) is 8.39. The van der Waals surface area contributed by atoms with E-state index < -0.39 is 24.5 Å². The second kappa shape index (κ2) is 7.51. The number of hydrogen-bond acceptors (Lipinski definition) is 4. The summed E-state index contributed by atoms with van der Waals surface area (Å²) in [6.45, 7) is 0.181. The van der Waals surface area contributed by atoms with Crippen molar-refractivity contribution < 1.29 is 18.0 Å². The summed E-state index contributed by atoms with van der Waals surface area (Å²) >= 11 is 5.99. The second-order valence-electron chi connectivity index (χ2n) is 6.09. The fraction of sp³-hybridized carbons (Fsp3) is 0.294. The van der Waals surface area contributed by atoms with Crippen LogP contribution in [0.3, 0.4) is 0 Å². The van der Waals surface area contributed by atoms with Gasteiger partial charge in [-0.05, 0) is 6.07 Å². The van der Waals surface area contributed by atoms with E-state index in [0.29, 0.717) is 22.1 Å². The van der Waals surface area contributed by atoms with Crippen LogP contribution in [0.2, 0.25) is 5.02 Å². The summed E-state index contributed by atoms with van der Waals surface area (Å²) in [6, 6.07) is 1.75. The number of carbonyl (C=O) groups is 1. The molecule has 0 aliphatic carbocycles. The van der Waals surface area contributed by atoms with Crippen LogP contribution in [0.5, 0.6) is 0 Å². The molecule has 1 amide bonds. The van der Waals surface area contributed by atoms with Crippen LogP contribution in [0.15, 0.2) is 30.9 Å². The Bertz CT molecular complexity index is 973. The minimum Gasteiger partial charge on any atom is -0.347 e. The van der Waals surface area contributed by atoms with Gasteiger partial charge in [-0.2, -0.15) is 13.2 Å². The Morgan fingerprint density at radius 1 is 1.33 bits per heavy atom. The fourth-order valence-electron chi connectivity index (χ4n) is 2.59. The van der Waals surface area contributed by atoms with Crippen LogP contribution in [0.25, 0.3) is 22.3 Å². The Balaban J connectivity index is 1.77. The van der Waals surface area contributed by atoms with Gasteiger partial charge in [0, 0.05) is 41.9 Å². The first kappa shape index (κ1) is 19.1. The van der Waals surface area contributed by atoms with Crippen molar-refractivity contribution in [2.45, 2.75) is 19.5 Å². The molecule has 3 heterocycles. The maximum atomic E-state index is 12.2. The van der Waals surface area contributed by atoms with Crippen LogP contribution >= 0.6 is 11.6 Å². The number of pyridine rings is 1. The zero-order chi connectivity index (χ0) is 19.6. The monoisotopic (exact) mass is 397 g/mol. The average molecular weight is 398 g/mol. The molecule has 0 saturated carbocycles. The van der Waals surface area contributed by atoms with Crippen molar-refractivity contribution >= 4 is 28.5 Å². The number of nitrogens with one attached hydrogen (secondary N) is 2. The Morgan fingerprint density at radius 2 is 2.11 bits per heavy atom. The van der Waals surface area contributed by atoms with Crippen molar-refractivity contribution in [1.82, 2.24) is 25.3 Å². The lowest BCUT2D eigenvalue weighted by Gasteiger charge is -2.13. The predicted octanol–water partition coefficient (Wildman–Crippen LogP) is 3.53. The van der Waals surface area contributed by atoms with Crippen molar-refractivity contribution in [3.8, 4) is 11.3 Å². The summed E-state index contributed by atoms with van der Waals surface area (Å²) in [4.78, 5) is 27.6. The highest BCUT2D eigenvalue weighted by Gasteiger charge is 2.28. The summed E-state index contributed by atoms with van der Waals surface area (Å²) < 4.78 is 36.7. The van der Waals surface area contributed by atoms with E-state index >= 15 is 0 Å². The molecule has 142 valence electrons. The standard InChI is InChI=1S/C17H15ClF3N5O/c1-9(16(27)25-8-17(19,20)21)2-11-5-22-7-14(26-11)13-6-24-15-12(13)3-10(18)4-23-15/h3-7,9H,2,8H2,1H3,(H,23,24)(H,25,27). The SMILES string of the molecule is CC(Cc1cncc(-c2c[nH]c3ncc(Cl)cc23)n1)C(=O)NCC(F)(F)F. The maximum Gasteiger partial charge on any atom is 0.405 e. The maximum absolute atomic E-state index is 12.2. The van der Waals surface area contributed by atoms with Gasteiger partial charge in [-0.1, -0.05) is 18.5 Å². The van der Waals surface area contributed by atoms with E-state index in [9.17, 15) is 18.0 Å². The summed E-state index contributed by atoms with van der Waals surface area (Å²) in [5, 5.41) is 3.12. The number of aromatic amines is 1. The lowest BCUT2D eigenvalue weighted by molar-refractivity contribution is -0.140. The normalized spacial score (nSPS) is 12.9. The summed E-state index contributed by atoms with van der Waals surface area (Å²) in [5.74, 6) is -1.38. The molecule has 3 rings (SSSR count). The number of amides is 1. The molecule has 0 radical (unpaired) electrons. The van der Waals surface area contributed by atoms with Crippen LogP contribution in [0, 0.1) is 5.92 Å². The van der Waals surface area contributed by atoms with Crippen molar-refractivity contribution in [3.05, 3.63) is 41.6 Å². The Morgan fingerprint density at radius 3 is 2.85 bits per heavy atom. The Hall–Kier alpha value is -2.68. The Kier molecular flexibility index (Phi) is 5.31. The van der Waals surface area contributed by atoms with E-state index in [1.165, 1.54) is 19.3 Å². The zero-order valence-corrected chi connectivity index (χ0v) is 14.9. The average Bonchev–Trinajstić information content (AvgIpc) is 3.02. The molecule has 0 saturated heterocycles. The number of H-pyrrole nitrogens is 1.